The first kappa shape index (κ1) is 6.81. The molecule has 0 radical (unpaired) electrons. The Labute approximate surface area is 57.1 Å². The van der Waals surface area contributed by atoms with E-state index in [4.69, 9.17) is 0 Å². The molecule has 1 nitrogen and oxygen atoms in total. The van der Waals surface area contributed by atoms with Crippen LogP contribution in [0.2, 0.25) is 0 Å². The molecule has 0 heterocycles. The van der Waals surface area contributed by atoms with Crippen molar-refractivity contribution in [2.45, 2.75) is 25.8 Å². The van der Waals surface area contributed by atoms with Gasteiger partial charge in [-0.15, -0.1) is 6.58 Å². The van der Waals surface area contributed by atoms with Crippen molar-refractivity contribution in [2.24, 2.45) is 5.92 Å². The molecule has 1 saturated carbocycles. The van der Waals surface area contributed by atoms with Gasteiger partial charge in [0, 0.05) is 12.6 Å². The summed E-state index contributed by atoms with van der Waals surface area (Å²) >= 11 is 0. The Morgan fingerprint density at radius 2 is 2.44 bits per heavy atom. The molecule has 0 aromatic carbocycles. The standard InChI is InChI=1S/C8H15N/c1-3-6-9-7(2)8-4-5-8/h3,7-9H,1,4-6H2,2H3. The van der Waals surface area contributed by atoms with Crippen molar-refractivity contribution in [3.63, 3.8) is 0 Å². The molecule has 1 rings (SSSR count). The largest absolute Gasteiger partial charge is 0.311 e. The Bertz CT molecular complexity index is 94.7. The van der Waals surface area contributed by atoms with Gasteiger partial charge in [0.05, 0.1) is 0 Å². The second kappa shape index (κ2) is 3.02. The predicted octanol–water partition coefficient (Wildman–Crippen LogP) is 1.56. The van der Waals surface area contributed by atoms with Crippen molar-refractivity contribution in [1.82, 2.24) is 5.32 Å². The van der Waals surface area contributed by atoms with Crippen LogP contribution in [-0.4, -0.2) is 12.6 Å². The molecule has 1 N–H and O–H groups in total. The summed E-state index contributed by atoms with van der Waals surface area (Å²) in [4.78, 5) is 0. The molecule has 0 amide bonds. The highest BCUT2D eigenvalue weighted by molar-refractivity contribution is 4.85. The molecule has 0 spiro atoms. The van der Waals surface area contributed by atoms with Gasteiger partial charge in [0.1, 0.15) is 0 Å². The molecule has 52 valence electrons. The average molecular weight is 125 g/mol. The van der Waals surface area contributed by atoms with Gasteiger partial charge in [0.25, 0.3) is 0 Å². The lowest BCUT2D eigenvalue weighted by Gasteiger charge is -2.09. The summed E-state index contributed by atoms with van der Waals surface area (Å²) in [7, 11) is 0. The van der Waals surface area contributed by atoms with Crippen molar-refractivity contribution < 1.29 is 0 Å². The summed E-state index contributed by atoms with van der Waals surface area (Å²) in [5.74, 6) is 0.963. The van der Waals surface area contributed by atoms with Gasteiger partial charge >= 0.3 is 0 Å². The van der Waals surface area contributed by atoms with Crippen molar-refractivity contribution in [3.8, 4) is 0 Å². The predicted molar refractivity (Wildman–Crippen MR) is 40.4 cm³/mol. The zero-order valence-corrected chi connectivity index (χ0v) is 6.06. The lowest BCUT2D eigenvalue weighted by molar-refractivity contribution is 0.524. The molecule has 0 aliphatic heterocycles. The number of nitrogens with one attached hydrogen (secondary N) is 1. The summed E-state index contributed by atoms with van der Waals surface area (Å²) in [6.07, 6.45) is 4.76. The molecule has 0 aromatic heterocycles. The van der Waals surface area contributed by atoms with Crippen LogP contribution in [-0.2, 0) is 0 Å². The SMILES string of the molecule is C=CCNC(C)C1CC1. The van der Waals surface area contributed by atoms with Crippen LogP contribution in [0, 0.1) is 5.92 Å². The minimum absolute atomic E-state index is 0.711. The van der Waals surface area contributed by atoms with Gasteiger partial charge in [0.15, 0.2) is 0 Å². The van der Waals surface area contributed by atoms with E-state index in [9.17, 15) is 0 Å². The first-order valence-corrected chi connectivity index (χ1v) is 3.69. The maximum absolute atomic E-state index is 3.65. The Kier molecular flexibility index (Phi) is 2.29. The van der Waals surface area contributed by atoms with Gasteiger partial charge in [-0.2, -0.15) is 0 Å². The first-order valence-electron chi connectivity index (χ1n) is 3.69. The molecule has 1 aliphatic rings. The Morgan fingerprint density at radius 3 is 2.89 bits per heavy atom. The van der Waals surface area contributed by atoms with Crippen molar-refractivity contribution in [3.05, 3.63) is 12.7 Å². The molecule has 9 heavy (non-hydrogen) atoms. The molecule has 1 heteroatoms. The lowest BCUT2D eigenvalue weighted by Crippen LogP contribution is -2.27. The molecular formula is C8H15N. The molecule has 1 fully saturated rings. The van der Waals surface area contributed by atoms with Crippen molar-refractivity contribution in [2.75, 3.05) is 6.54 Å². The fourth-order valence-corrected chi connectivity index (χ4v) is 1.03. The molecule has 1 unspecified atom stereocenters. The van der Waals surface area contributed by atoms with E-state index in [1.165, 1.54) is 12.8 Å². The van der Waals surface area contributed by atoms with Crippen molar-refractivity contribution in [1.29, 1.82) is 0 Å². The molecule has 0 bridgehead atoms. The minimum atomic E-state index is 0.711. The van der Waals surface area contributed by atoms with Crippen LogP contribution < -0.4 is 5.32 Å². The van der Waals surface area contributed by atoms with Crippen LogP contribution in [0.4, 0.5) is 0 Å². The molecule has 1 aliphatic carbocycles. The molecule has 0 aromatic rings. The van der Waals surface area contributed by atoms with Crippen LogP contribution in [0.15, 0.2) is 12.7 Å². The fraction of sp³-hybridized carbons (Fsp3) is 0.750. The summed E-state index contributed by atoms with van der Waals surface area (Å²) < 4.78 is 0. The third-order valence-corrected chi connectivity index (χ3v) is 1.91. The maximum atomic E-state index is 3.65. The average Bonchev–Trinajstić information content (AvgIpc) is 2.63. The Balaban J connectivity index is 2.02. The number of hydrogen-bond acceptors (Lipinski definition) is 1. The summed E-state index contributed by atoms with van der Waals surface area (Å²) in [5.41, 5.74) is 0. The number of hydrogen-bond donors (Lipinski definition) is 1. The van der Waals surface area contributed by atoms with E-state index in [0.717, 1.165) is 12.5 Å². The third kappa shape index (κ3) is 2.19. The van der Waals surface area contributed by atoms with E-state index in [0.29, 0.717) is 6.04 Å². The summed E-state index contributed by atoms with van der Waals surface area (Å²) in [6.45, 7) is 6.86. The Morgan fingerprint density at radius 1 is 1.78 bits per heavy atom. The number of rotatable bonds is 4. The van der Waals surface area contributed by atoms with Crippen LogP contribution >= 0.6 is 0 Å². The Hall–Kier alpha value is -0.300. The lowest BCUT2D eigenvalue weighted by atomic mass is 10.2. The zero-order chi connectivity index (χ0) is 6.69. The normalized spacial score (nSPS) is 21.4. The van der Waals surface area contributed by atoms with E-state index in [1.54, 1.807) is 0 Å². The van der Waals surface area contributed by atoms with Crippen LogP contribution in [0.5, 0.6) is 0 Å². The van der Waals surface area contributed by atoms with Crippen LogP contribution in [0.25, 0.3) is 0 Å². The first-order chi connectivity index (χ1) is 4.34. The molecular weight excluding hydrogens is 110 g/mol. The quantitative estimate of drug-likeness (QED) is 0.562. The van der Waals surface area contributed by atoms with Gasteiger partial charge in [-0.05, 0) is 25.7 Å². The summed E-state index contributed by atoms with van der Waals surface area (Å²) in [6, 6.07) is 0.711. The monoisotopic (exact) mass is 125 g/mol. The highest BCUT2D eigenvalue weighted by Gasteiger charge is 2.26. The second-order valence-corrected chi connectivity index (χ2v) is 2.82. The molecule has 1 atom stereocenters. The fourth-order valence-electron chi connectivity index (χ4n) is 1.03. The van der Waals surface area contributed by atoms with Gasteiger partial charge in [-0.3, -0.25) is 0 Å². The third-order valence-electron chi connectivity index (χ3n) is 1.91. The molecule has 0 saturated heterocycles. The zero-order valence-electron chi connectivity index (χ0n) is 6.06. The summed E-state index contributed by atoms with van der Waals surface area (Å²) in [5, 5.41) is 3.38. The van der Waals surface area contributed by atoms with Gasteiger partial charge in [-0.1, -0.05) is 6.08 Å². The minimum Gasteiger partial charge on any atom is -0.311 e. The second-order valence-electron chi connectivity index (χ2n) is 2.82. The van der Waals surface area contributed by atoms with E-state index < -0.39 is 0 Å². The van der Waals surface area contributed by atoms with Gasteiger partial charge < -0.3 is 5.32 Å². The highest BCUT2D eigenvalue weighted by atomic mass is 14.9. The van der Waals surface area contributed by atoms with Crippen LogP contribution in [0.1, 0.15) is 19.8 Å². The smallest absolute Gasteiger partial charge is 0.0134 e. The topological polar surface area (TPSA) is 12.0 Å². The van der Waals surface area contributed by atoms with E-state index >= 15 is 0 Å². The van der Waals surface area contributed by atoms with E-state index in [-0.39, 0.29) is 0 Å². The van der Waals surface area contributed by atoms with Gasteiger partial charge in [0.2, 0.25) is 0 Å². The van der Waals surface area contributed by atoms with Crippen LogP contribution in [0.3, 0.4) is 0 Å². The van der Waals surface area contributed by atoms with E-state index in [2.05, 4.69) is 18.8 Å². The van der Waals surface area contributed by atoms with Crippen molar-refractivity contribution >= 4 is 0 Å². The van der Waals surface area contributed by atoms with Gasteiger partial charge in [-0.25, -0.2) is 0 Å². The maximum Gasteiger partial charge on any atom is 0.0134 e. The van der Waals surface area contributed by atoms with E-state index in [1.807, 2.05) is 6.08 Å². The highest BCUT2D eigenvalue weighted by Crippen LogP contribution is 2.32.